The van der Waals surface area contributed by atoms with Crippen molar-refractivity contribution in [3.05, 3.63) is 48.0 Å². The van der Waals surface area contributed by atoms with Crippen molar-refractivity contribution in [1.29, 1.82) is 0 Å². The first kappa shape index (κ1) is 23.2. The molecule has 0 saturated heterocycles. The molecule has 0 aliphatic carbocycles. The number of hydrogen-bond donors (Lipinski definition) is 5. The third kappa shape index (κ3) is 5.28. The van der Waals surface area contributed by atoms with Gasteiger partial charge in [0, 0.05) is 12.6 Å². The van der Waals surface area contributed by atoms with Gasteiger partial charge in [-0.1, -0.05) is 42.8 Å². The fourth-order valence-electron chi connectivity index (χ4n) is 3.43. The second-order valence-corrected chi connectivity index (χ2v) is 11.4. The molecule has 0 amide bonds. The van der Waals surface area contributed by atoms with E-state index in [1.165, 1.54) is 6.21 Å². The number of nitrogens with zero attached hydrogens (tertiary/aromatic N) is 1. The van der Waals surface area contributed by atoms with E-state index in [2.05, 4.69) is 4.99 Å². The van der Waals surface area contributed by atoms with Crippen LogP contribution < -0.4 is 0 Å². The number of aryl methyl sites for hydroxylation is 1. The Hall–Kier alpha value is -1.11. The fourth-order valence-corrected chi connectivity index (χ4v) is 5.70. The van der Waals surface area contributed by atoms with Crippen LogP contribution in [0.2, 0.25) is 0 Å². The average molecular weight is 431 g/mol. The maximum atomic E-state index is 11.8. The monoisotopic (exact) mass is 431 g/mol. The van der Waals surface area contributed by atoms with Crippen molar-refractivity contribution >= 4 is 21.4 Å². The van der Waals surface area contributed by atoms with Gasteiger partial charge in [-0.05, 0) is 43.7 Å². The molecule has 1 aliphatic heterocycles. The molecule has 0 fully saturated rings. The molecule has 0 spiro atoms. The van der Waals surface area contributed by atoms with E-state index in [1.807, 2.05) is 30.3 Å². The van der Waals surface area contributed by atoms with E-state index in [0.29, 0.717) is 12.8 Å². The molecule has 156 valence electrons. The molecule has 0 saturated carbocycles. The van der Waals surface area contributed by atoms with Crippen molar-refractivity contribution in [1.82, 2.24) is 0 Å². The zero-order chi connectivity index (χ0) is 21.1. The normalized spacial score (nSPS) is 21.2. The molecule has 1 aromatic rings. The van der Waals surface area contributed by atoms with Gasteiger partial charge in [0.15, 0.2) is 0 Å². The van der Waals surface area contributed by atoms with Gasteiger partial charge in [-0.15, -0.1) is 0 Å². The van der Waals surface area contributed by atoms with E-state index in [4.69, 9.17) is 0 Å². The minimum absolute atomic E-state index is 0.396. The van der Waals surface area contributed by atoms with E-state index in [-0.39, 0.29) is 0 Å². The highest BCUT2D eigenvalue weighted by Gasteiger charge is 2.61. The Labute approximate surface area is 164 Å². The molecule has 2 unspecified atom stereocenters. The van der Waals surface area contributed by atoms with Crippen LogP contribution in [-0.4, -0.2) is 41.5 Å². The van der Waals surface area contributed by atoms with Crippen molar-refractivity contribution in [2.75, 3.05) is 0 Å². The highest BCUT2D eigenvalue weighted by Crippen LogP contribution is 2.70. The molecule has 2 rings (SSSR count). The largest absolute Gasteiger partial charge is 0.369 e. The van der Waals surface area contributed by atoms with Gasteiger partial charge in [0.2, 0.25) is 0 Å². The number of aliphatic imine (C=N–C) groups is 1. The minimum atomic E-state index is -5.50. The van der Waals surface area contributed by atoms with Crippen molar-refractivity contribution < 1.29 is 33.8 Å². The number of unbranched alkanes of at least 4 members (excludes halogenated alkanes) is 1. The third-order valence-corrected chi connectivity index (χ3v) is 9.06. The molecule has 28 heavy (non-hydrogen) atoms. The Balaban J connectivity index is 2.16. The van der Waals surface area contributed by atoms with Crippen LogP contribution in [0.4, 0.5) is 0 Å². The van der Waals surface area contributed by atoms with Crippen LogP contribution in [0.25, 0.3) is 0 Å². The summed E-state index contributed by atoms with van der Waals surface area (Å²) in [4.78, 5) is 42.2. The highest BCUT2D eigenvalue weighted by atomic mass is 31.2. The second kappa shape index (κ2) is 8.72. The van der Waals surface area contributed by atoms with E-state index in [0.717, 1.165) is 18.4 Å². The fraction of sp³-hybridized carbons (Fsp3) is 0.500. The van der Waals surface area contributed by atoms with Gasteiger partial charge in [-0.25, -0.2) is 0 Å². The molecule has 0 bridgehead atoms. The lowest BCUT2D eigenvalue weighted by Crippen LogP contribution is -2.39. The maximum Gasteiger partial charge on any atom is 0.369 e. The Morgan fingerprint density at radius 3 is 2.18 bits per heavy atom. The third-order valence-electron chi connectivity index (χ3n) is 5.26. The first-order chi connectivity index (χ1) is 12.9. The summed E-state index contributed by atoms with van der Waals surface area (Å²) < 4.78 is 23.5. The number of benzene rings is 1. The first-order valence-electron chi connectivity index (χ1n) is 9.00. The highest BCUT2D eigenvalue weighted by molar-refractivity contribution is 7.72. The van der Waals surface area contributed by atoms with Crippen molar-refractivity contribution in [2.45, 2.75) is 49.6 Å². The van der Waals surface area contributed by atoms with Gasteiger partial charge in [0.05, 0.1) is 5.54 Å². The van der Waals surface area contributed by atoms with Gasteiger partial charge in [0.1, 0.15) is 0 Å². The maximum absolute atomic E-state index is 11.8. The first-order valence-corrected chi connectivity index (χ1v) is 12.2. The number of rotatable bonds is 10. The van der Waals surface area contributed by atoms with Crippen LogP contribution >= 0.6 is 15.2 Å². The molecule has 1 aliphatic rings. The summed E-state index contributed by atoms with van der Waals surface area (Å²) in [7, 11) is -11.0. The smallest absolute Gasteiger partial charge is 0.368 e. The molecule has 8 nitrogen and oxygen atoms in total. The van der Waals surface area contributed by atoms with Crippen LogP contribution in [-0.2, 0) is 15.6 Å². The lowest BCUT2D eigenvalue weighted by molar-refractivity contribution is 0.0937. The minimum Gasteiger partial charge on any atom is -0.368 e. The van der Waals surface area contributed by atoms with Crippen LogP contribution in [0.3, 0.4) is 0 Å². The Bertz CT molecular complexity index is 778. The number of allylic oxidation sites excluding steroid dienone is 1. The SMILES string of the molecule is CC1(C(CCCCc2ccccc2)CC(O)(P(=O)(O)O)P(=O)(O)O)C=CC=N1. The quantitative estimate of drug-likeness (QED) is 0.283. The molecule has 2 atom stereocenters. The summed E-state index contributed by atoms with van der Waals surface area (Å²) in [5.74, 6) is -0.663. The van der Waals surface area contributed by atoms with Gasteiger partial charge in [-0.3, -0.25) is 14.1 Å². The molecular weight excluding hydrogens is 404 g/mol. The van der Waals surface area contributed by atoms with Crippen molar-refractivity contribution in [3.63, 3.8) is 0 Å². The van der Waals surface area contributed by atoms with Gasteiger partial charge in [0.25, 0.3) is 5.08 Å². The standard InChI is InChI=1S/C18H27NO7P2/c1-17(12-7-13-19-17)16(11-6-5-10-15-8-3-2-4-9-15)14-18(20,27(21,22)23)28(24,25)26/h2-4,7-9,12-13,16,20H,5-6,10-11,14H2,1H3,(H2,21,22,23)(H2,24,25,26). The summed E-state index contributed by atoms with van der Waals surface area (Å²) in [6.45, 7) is 1.72. The topological polar surface area (TPSA) is 148 Å². The predicted octanol–water partition coefficient (Wildman–Crippen LogP) is 2.81. The lowest BCUT2D eigenvalue weighted by Gasteiger charge is -2.37. The summed E-state index contributed by atoms with van der Waals surface area (Å²) in [6.07, 6.45) is 6.80. The van der Waals surface area contributed by atoms with E-state index in [1.54, 1.807) is 19.1 Å². The number of hydrogen-bond acceptors (Lipinski definition) is 4. The second-order valence-electron chi connectivity index (χ2n) is 7.36. The van der Waals surface area contributed by atoms with Gasteiger partial charge in [-0.2, -0.15) is 0 Å². The van der Waals surface area contributed by atoms with E-state index < -0.39 is 38.2 Å². The molecule has 10 heteroatoms. The van der Waals surface area contributed by atoms with Crippen LogP contribution in [0.5, 0.6) is 0 Å². The Morgan fingerprint density at radius 1 is 1.07 bits per heavy atom. The summed E-state index contributed by atoms with van der Waals surface area (Å²) >= 11 is 0. The molecule has 5 N–H and O–H groups in total. The molecule has 1 heterocycles. The zero-order valence-corrected chi connectivity index (χ0v) is 17.4. The predicted molar refractivity (Wildman–Crippen MR) is 107 cm³/mol. The lowest BCUT2D eigenvalue weighted by atomic mass is 9.80. The number of aliphatic hydroxyl groups is 1. The summed E-state index contributed by atoms with van der Waals surface area (Å²) in [5.41, 5.74) is 0.261. The van der Waals surface area contributed by atoms with Gasteiger partial charge >= 0.3 is 15.2 Å². The van der Waals surface area contributed by atoms with E-state index in [9.17, 15) is 33.8 Å². The Kier molecular flexibility index (Phi) is 7.22. The van der Waals surface area contributed by atoms with Crippen LogP contribution in [0, 0.1) is 5.92 Å². The molecule has 0 radical (unpaired) electrons. The average Bonchev–Trinajstić information content (AvgIpc) is 3.04. The molecular formula is C18H27NO7P2. The Morgan fingerprint density at radius 2 is 1.68 bits per heavy atom. The van der Waals surface area contributed by atoms with Crippen LogP contribution in [0.1, 0.15) is 38.2 Å². The van der Waals surface area contributed by atoms with Gasteiger partial charge < -0.3 is 24.7 Å². The zero-order valence-electron chi connectivity index (χ0n) is 15.6. The molecule has 0 aromatic heterocycles. The van der Waals surface area contributed by atoms with Crippen LogP contribution in [0.15, 0.2) is 47.5 Å². The van der Waals surface area contributed by atoms with Crippen molar-refractivity contribution in [3.8, 4) is 0 Å². The van der Waals surface area contributed by atoms with E-state index >= 15 is 0 Å². The molecule has 1 aromatic carbocycles. The van der Waals surface area contributed by atoms with Crippen molar-refractivity contribution in [2.24, 2.45) is 10.9 Å². The summed E-state index contributed by atoms with van der Waals surface area (Å²) in [6, 6.07) is 9.82. The summed E-state index contributed by atoms with van der Waals surface area (Å²) in [5, 5.41) is 6.93.